The van der Waals surface area contributed by atoms with Gasteiger partial charge in [0.25, 0.3) is 0 Å². The van der Waals surface area contributed by atoms with Crippen molar-refractivity contribution in [3.05, 3.63) is 34.9 Å². The van der Waals surface area contributed by atoms with E-state index < -0.39 is 0 Å². The van der Waals surface area contributed by atoms with Gasteiger partial charge in [-0.25, -0.2) is 9.97 Å². The Morgan fingerprint density at radius 3 is 2.42 bits per heavy atom. The molecule has 2 heterocycles. The maximum absolute atomic E-state index is 11.8. The molecule has 2 rings (SSSR count). The van der Waals surface area contributed by atoms with Crippen molar-refractivity contribution in [2.45, 2.75) is 20.8 Å². The monoisotopic (exact) mass is 257 g/mol. The minimum atomic E-state index is -0.0557. The van der Waals surface area contributed by atoms with Crippen LogP contribution in [0.25, 0.3) is 11.6 Å². The highest BCUT2D eigenvalue weighted by molar-refractivity contribution is 6.23. The molecular formula is C13H15N5O. The van der Waals surface area contributed by atoms with Gasteiger partial charge in [0.1, 0.15) is 0 Å². The van der Waals surface area contributed by atoms with E-state index in [2.05, 4.69) is 20.2 Å². The summed E-state index contributed by atoms with van der Waals surface area (Å²) in [7, 11) is 0. The van der Waals surface area contributed by atoms with Gasteiger partial charge >= 0.3 is 0 Å². The Bertz CT molecular complexity index is 620. The summed E-state index contributed by atoms with van der Waals surface area (Å²) in [6.45, 7) is 5.18. The number of nitrogens with zero attached hydrogens (tertiary/aromatic N) is 3. The van der Waals surface area contributed by atoms with E-state index >= 15 is 0 Å². The van der Waals surface area contributed by atoms with Gasteiger partial charge in [-0.3, -0.25) is 9.89 Å². The number of nitrogens with two attached hydrogens (primary N) is 1. The first kappa shape index (κ1) is 12.9. The third-order valence-corrected chi connectivity index (χ3v) is 2.80. The topological polar surface area (TPSA) is 97.6 Å². The van der Waals surface area contributed by atoms with Crippen LogP contribution in [0.15, 0.2) is 12.3 Å². The van der Waals surface area contributed by atoms with Gasteiger partial charge in [-0.15, -0.1) is 0 Å². The normalized spacial score (nSPS) is 11.6. The van der Waals surface area contributed by atoms with Gasteiger partial charge in [-0.05, 0) is 32.9 Å². The molecule has 3 N–H and O–H groups in total. The number of Topliss-reactive ketones (excluding diaryl/α,β-unsaturated/α-hetero) is 1. The minimum absolute atomic E-state index is 0.0557. The number of hydrogen-bond acceptors (Lipinski definition) is 5. The van der Waals surface area contributed by atoms with Crippen LogP contribution in [0.5, 0.6) is 0 Å². The molecule has 2 aromatic heterocycles. The molecule has 0 aliphatic rings. The first-order valence-corrected chi connectivity index (χ1v) is 5.82. The maximum atomic E-state index is 11.8. The van der Waals surface area contributed by atoms with Crippen molar-refractivity contribution >= 4 is 23.4 Å². The quantitative estimate of drug-likeness (QED) is 0.812. The fourth-order valence-corrected chi connectivity index (χ4v) is 1.88. The summed E-state index contributed by atoms with van der Waals surface area (Å²) in [5.74, 6) is 0.179. The summed E-state index contributed by atoms with van der Waals surface area (Å²) in [6, 6.07) is 1.75. The molecular weight excluding hydrogens is 242 g/mol. The van der Waals surface area contributed by atoms with Crippen LogP contribution >= 0.6 is 0 Å². The summed E-state index contributed by atoms with van der Waals surface area (Å²) in [5, 5.41) is 6.64. The number of carbonyl (C=O) groups is 1. The number of H-pyrrole nitrogens is 1. The lowest BCUT2D eigenvalue weighted by molar-refractivity contribution is -0.111. The second kappa shape index (κ2) is 5.01. The number of aromatic amines is 1. The van der Waals surface area contributed by atoms with E-state index in [1.807, 2.05) is 13.8 Å². The van der Waals surface area contributed by atoms with Crippen molar-refractivity contribution in [2.24, 2.45) is 0 Å². The largest absolute Gasteiger partial charge is 0.368 e. The zero-order valence-corrected chi connectivity index (χ0v) is 11.1. The second-order valence-corrected chi connectivity index (χ2v) is 4.25. The third-order valence-electron chi connectivity index (χ3n) is 2.80. The van der Waals surface area contributed by atoms with Crippen LogP contribution in [-0.2, 0) is 4.79 Å². The van der Waals surface area contributed by atoms with Crippen molar-refractivity contribution in [2.75, 3.05) is 5.73 Å². The van der Waals surface area contributed by atoms with Gasteiger partial charge in [-0.1, -0.05) is 0 Å². The molecule has 2 aromatic rings. The van der Waals surface area contributed by atoms with Crippen molar-refractivity contribution in [3.8, 4) is 0 Å². The average molecular weight is 257 g/mol. The number of aromatic nitrogens is 4. The average Bonchev–Trinajstić information content (AvgIpc) is 2.80. The molecule has 0 radical (unpaired) electrons. The first-order chi connectivity index (χ1) is 8.99. The highest BCUT2D eigenvalue weighted by atomic mass is 16.1. The molecule has 0 aromatic carbocycles. The summed E-state index contributed by atoms with van der Waals surface area (Å²) >= 11 is 0. The summed E-state index contributed by atoms with van der Waals surface area (Å²) in [5.41, 5.74) is 9.07. The lowest BCUT2D eigenvalue weighted by atomic mass is 10.0. The Balaban J connectivity index is 2.58. The van der Waals surface area contributed by atoms with Crippen LogP contribution in [0, 0.1) is 13.8 Å². The summed E-state index contributed by atoms with van der Waals surface area (Å²) in [4.78, 5) is 20.0. The van der Waals surface area contributed by atoms with Crippen LogP contribution in [0.1, 0.15) is 29.6 Å². The van der Waals surface area contributed by atoms with E-state index in [0.717, 1.165) is 17.0 Å². The van der Waals surface area contributed by atoms with E-state index in [9.17, 15) is 4.79 Å². The number of carbonyl (C=O) groups excluding carboxylic acids is 1. The molecule has 0 unspecified atom stereocenters. The molecule has 0 aliphatic carbocycles. The fourth-order valence-electron chi connectivity index (χ4n) is 1.88. The molecule has 6 heteroatoms. The van der Waals surface area contributed by atoms with Crippen molar-refractivity contribution in [1.29, 1.82) is 0 Å². The van der Waals surface area contributed by atoms with Crippen molar-refractivity contribution < 1.29 is 4.79 Å². The smallest absolute Gasteiger partial charge is 0.220 e. The van der Waals surface area contributed by atoms with E-state index in [1.54, 1.807) is 18.3 Å². The van der Waals surface area contributed by atoms with Crippen LogP contribution in [-0.4, -0.2) is 25.9 Å². The Morgan fingerprint density at radius 1 is 1.32 bits per heavy atom. The predicted molar refractivity (Wildman–Crippen MR) is 73.1 cm³/mol. The maximum Gasteiger partial charge on any atom is 0.220 e. The molecule has 0 spiro atoms. The van der Waals surface area contributed by atoms with Gasteiger partial charge in [0, 0.05) is 17.3 Å². The van der Waals surface area contributed by atoms with Gasteiger partial charge in [0.15, 0.2) is 5.78 Å². The fraction of sp³-hybridized carbons (Fsp3) is 0.231. The molecule has 0 bridgehead atoms. The highest BCUT2D eigenvalue weighted by Crippen LogP contribution is 2.21. The molecule has 6 nitrogen and oxygen atoms in total. The number of nitrogens with one attached hydrogen (secondary N) is 1. The van der Waals surface area contributed by atoms with Crippen molar-refractivity contribution in [1.82, 2.24) is 20.2 Å². The highest BCUT2D eigenvalue weighted by Gasteiger charge is 2.12. The molecule has 0 saturated carbocycles. The zero-order valence-electron chi connectivity index (χ0n) is 11.1. The molecule has 0 aliphatic heterocycles. The number of aryl methyl sites for hydroxylation is 2. The number of ketones is 1. The summed E-state index contributed by atoms with van der Waals surface area (Å²) in [6.07, 6.45) is 3.37. The standard InChI is InChI=1S/C13H15N5O/c1-7-10(8(2)17-13(14)16-7)6-11(9(3)19)12-4-5-15-18-12/h4-6H,1-3H3,(H,15,18)(H2,14,16,17)/b11-6+. The van der Waals surface area contributed by atoms with Gasteiger partial charge in [0.2, 0.25) is 5.95 Å². The van der Waals surface area contributed by atoms with E-state index in [0.29, 0.717) is 11.3 Å². The zero-order chi connectivity index (χ0) is 14.0. The van der Waals surface area contributed by atoms with Crippen LogP contribution in [0.4, 0.5) is 5.95 Å². The molecule has 0 fully saturated rings. The van der Waals surface area contributed by atoms with Crippen LogP contribution in [0.2, 0.25) is 0 Å². The third kappa shape index (κ3) is 2.67. The second-order valence-electron chi connectivity index (χ2n) is 4.25. The van der Waals surface area contributed by atoms with E-state index in [1.165, 1.54) is 6.92 Å². The van der Waals surface area contributed by atoms with Crippen LogP contribution < -0.4 is 5.73 Å². The molecule has 0 amide bonds. The molecule has 0 saturated heterocycles. The number of allylic oxidation sites excluding steroid dienone is 1. The Hall–Kier alpha value is -2.50. The Kier molecular flexibility index (Phi) is 3.41. The SMILES string of the molecule is CC(=O)/C(=C\c1c(C)nc(N)nc1C)c1ccn[nH]1. The van der Waals surface area contributed by atoms with Crippen molar-refractivity contribution in [3.63, 3.8) is 0 Å². The lowest BCUT2D eigenvalue weighted by Gasteiger charge is -2.07. The number of nitrogen functional groups attached to an aromatic ring is 1. The summed E-state index contributed by atoms with van der Waals surface area (Å²) < 4.78 is 0. The lowest BCUT2D eigenvalue weighted by Crippen LogP contribution is -2.03. The number of anilines is 1. The number of rotatable bonds is 3. The number of hydrogen-bond donors (Lipinski definition) is 2. The van der Waals surface area contributed by atoms with Gasteiger partial charge in [-0.2, -0.15) is 5.10 Å². The Morgan fingerprint density at radius 2 is 1.95 bits per heavy atom. The van der Waals surface area contributed by atoms with Gasteiger partial charge in [0.05, 0.1) is 17.1 Å². The van der Waals surface area contributed by atoms with Crippen LogP contribution in [0.3, 0.4) is 0 Å². The minimum Gasteiger partial charge on any atom is -0.368 e. The molecule has 0 atom stereocenters. The van der Waals surface area contributed by atoms with E-state index in [4.69, 9.17) is 5.73 Å². The van der Waals surface area contributed by atoms with Gasteiger partial charge < -0.3 is 5.73 Å². The first-order valence-electron chi connectivity index (χ1n) is 5.82. The van der Waals surface area contributed by atoms with E-state index in [-0.39, 0.29) is 11.7 Å². The molecule has 19 heavy (non-hydrogen) atoms. The Labute approximate surface area is 110 Å². The predicted octanol–water partition coefficient (Wildman–Crippen LogP) is 1.53. The molecule has 98 valence electrons.